The summed E-state index contributed by atoms with van der Waals surface area (Å²) in [5, 5.41) is 3.64. The maximum atomic E-state index is 6.09. The Kier molecular flexibility index (Phi) is 3.51. The monoisotopic (exact) mass is 261 g/mol. The van der Waals surface area contributed by atoms with Crippen molar-refractivity contribution >= 4 is 11.4 Å². The molecule has 1 aromatic rings. The molecular weight excluding hydrogens is 238 g/mol. The van der Waals surface area contributed by atoms with Crippen molar-refractivity contribution in [1.82, 2.24) is 4.90 Å². The molecule has 2 atom stereocenters. The molecule has 0 spiro atoms. The second-order valence-corrected chi connectivity index (χ2v) is 5.59. The van der Waals surface area contributed by atoms with Crippen LogP contribution < -0.4 is 15.8 Å². The predicted molar refractivity (Wildman–Crippen MR) is 78.6 cm³/mol. The van der Waals surface area contributed by atoms with Gasteiger partial charge in [-0.15, -0.1) is 0 Å². The first-order valence-corrected chi connectivity index (χ1v) is 7.22. The summed E-state index contributed by atoms with van der Waals surface area (Å²) < 4.78 is 5.19. The van der Waals surface area contributed by atoms with Crippen LogP contribution in [0.2, 0.25) is 0 Å². The highest BCUT2D eigenvalue weighted by atomic mass is 16.5. The minimum absolute atomic E-state index is 0.538. The molecule has 2 heterocycles. The van der Waals surface area contributed by atoms with Crippen LogP contribution in [-0.2, 0) is 0 Å². The van der Waals surface area contributed by atoms with Gasteiger partial charge in [-0.1, -0.05) is 6.42 Å². The van der Waals surface area contributed by atoms with E-state index >= 15 is 0 Å². The van der Waals surface area contributed by atoms with Crippen LogP contribution in [0, 0.1) is 0 Å². The number of methoxy groups -OCH3 is 1. The minimum atomic E-state index is 0.538. The lowest BCUT2D eigenvalue weighted by Crippen LogP contribution is -2.41. The predicted octanol–water partition coefficient (Wildman–Crippen LogP) is 2.32. The first-order valence-electron chi connectivity index (χ1n) is 7.22. The van der Waals surface area contributed by atoms with Gasteiger partial charge in [0.2, 0.25) is 0 Å². The molecule has 4 nitrogen and oxygen atoms in total. The third-order valence-electron chi connectivity index (χ3n) is 4.46. The lowest BCUT2D eigenvalue weighted by molar-refractivity contribution is 0.193. The molecule has 0 aliphatic carbocycles. The zero-order valence-electron chi connectivity index (χ0n) is 11.6. The maximum absolute atomic E-state index is 6.09. The maximum Gasteiger partial charge on any atom is 0.121 e. The molecule has 19 heavy (non-hydrogen) atoms. The number of ether oxygens (including phenoxy) is 1. The number of benzene rings is 1. The highest BCUT2D eigenvalue weighted by Gasteiger charge is 2.35. The van der Waals surface area contributed by atoms with Gasteiger partial charge in [0, 0.05) is 24.7 Å². The van der Waals surface area contributed by atoms with Crippen LogP contribution in [0.15, 0.2) is 18.2 Å². The van der Waals surface area contributed by atoms with Crippen LogP contribution in [-0.4, -0.2) is 37.2 Å². The van der Waals surface area contributed by atoms with Crippen LogP contribution in [0.1, 0.15) is 25.7 Å². The second kappa shape index (κ2) is 5.29. The number of anilines is 2. The van der Waals surface area contributed by atoms with E-state index in [9.17, 15) is 0 Å². The summed E-state index contributed by atoms with van der Waals surface area (Å²) in [5.41, 5.74) is 7.90. The fraction of sp³-hybridized carbons (Fsp3) is 0.600. The van der Waals surface area contributed by atoms with Gasteiger partial charge in [-0.05, 0) is 37.9 Å². The number of hydrogen-bond acceptors (Lipinski definition) is 4. The number of fused-ring (bicyclic) bond motifs is 1. The van der Waals surface area contributed by atoms with Gasteiger partial charge in [0.05, 0.1) is 18.5 Å². The molecule has 0 amide bonds. The van der Waals surface area contributed by atoms with E-state index in [4.69, 9.17) is 10.5 Å². The fourth-order valence-corrected chi connectivity index (χ4v) is 3.41. The molecular formula is C15H23N3O. The second-order valence-electron chi connectivity index (χ2n) is 5.59. The molecule has 0 saturated carbocycles. The van der Waals surface area contributed by atoms with Gasteiger partial charge in [0.25, 0.3) is 0 Å². The highest BCUT2D eigenvalue weighted by Crippen LogP contribution is 2.31. The number of hydrogen-bond donors (Lipinski definition) is 2. The van der Waals surface area contributed by atoms with Crippen molar-refractivity contribution in [2.75, 3.05) is 31.2 Å². The Morgan fingerprint density at radius 2 is 2.16 bits per heavy atom. The summed E-state index contributed by atoms with van der Waals surface area (Å²) in [6, 6.07) is 7.10. The van der Waals surface area contributed by atoms with Crippen molar-refractivity contribution < 1.29 is 4.74 Å². The van der Waals surface area contributed by atoms with E-state index < -0.39 is 0 Å². The summed E-state index contributed by atoms with van der Waals surface area (Å²) in [6.07, 6.45) is 5.25. The van der Waals surface area contributed by atoms with E-state index in [0.717, 1.165) is 17.1 Å². The first kappa shape index (κ1) is 12.6. The Morgan fingerprint density at radius 1 is 1.26 bits per heavy atom. The van der Waals surface area contributed by atoms with Gasteiger partial charge < -0.3 is 15.8 Å². The Balaban J connectivity index is 1.71. The molecule has 2 aliphatic rings. The van der Waals surface area contributed by atoms with Crippen molar-refractivity contribution in [3.05, 3.63) is 18.2 Å². The zero-order chi connectivity index (χ0) is 13.2. The van der Waals surface area contributed by atoms with Crippen molar-refractivity contribution in [1.29, 1.82) is 0 Å². The largest absolute Gasteiger partial charge is 0.497 e. The van der Waals surface area contributed by atoms with Gasteiger partial charge >= 0.3 is 0 Å². The van der Waals surface area contributed by atoms with Gasteiger partial charge in [0.1, 0.15) is 5.75 Å². The van der Waals surface area contributed by atoms with Crippen LogP contribution in [0.3, 0.4) is 0 Å². The third kappa shape index (κ3) is 2.50. The molecule has 3 N–H and O–H groups in total. The number of nitrogens with two attached hydrogens (primary N) is 1. The number of rotatable bonds is 3. The topological polar surface area (TPSA) is 50.5 Å². The third-order valence-corrected chi connectivity index (χ3v) is 4.46. The molecule has 104 valence electrons. The lowest BCUT2D eigenvalue weighted by atomic mass is 9.99. The van der Waals surface area contributed by atoms with Crippen molar-refractivity contribution in [3.8, 4) is 5.75 Å². The Bertz CT molecular complexity index is 449. The average molecular weight is 261 g/mol. The van der Waals surface area contributed by atoms with Crippen molar-refractivity contribution in [3.63, 3.8) is 0 Å². The van der Waals surface area contributed by atoms with Crippen LogP contribution >= 0.6 is 0 Å². The van der Waals surface area contributed by atoms with E-state index in [0.29, 0.717) is 12.1 Å². The summed E-state index contributed by atoms with van der Waals surface area (Å²) >= 11 is 0. The molecule has 0 radical (unpaired) electrons. The number of nitrogens with zero attached hydrogens (tertiary/aromatic N) is 1. The molecule has 4 heteroatoms. The molecule has 2 fully saturated rings. The van der Waals surface area contributed by atoms with E-state index in [2.05, 4.69) is 10.2 Å². The Labute approximate surface area is 114 Å². The molecule has 1 aromatic carbocycles. The molecule has 3 rings (SSSR count). The summed E-state index contributed by atoms with van der Waals surface area (Å²) in [5.74, 6) is 0.814. The SMILES string of the molecule is COc1ccc(NC2CCN3CCCCC23)c(N)c1. The summed E-state index contributed by atoms with van der Waals surface area (Å²) in [4.78, 5) is 2.63. The van der Waals surface area contributed by atoms with E-state index in [1.54, 1.807) is 7.11 Å². The summed E-state index contributed by atoms with van der Waals surface area (Å²) in [6.45, 7) is 2.49. The molecule has 2 unspecified atom stereocenters. The van der Waals surface area contributed by atoms with Crippen LogP contribution in [0.5, 0.6) is 5.75 Å². The Morgan fingerprint density at radius 3 is 2.95 bits per heavy atom. The molecule has 2 saturated heterocycles. The normalized spacial score (nSPS) is 27.0. The summed E-state index contributed by atoms with van der Waals surface area (Å²) in [7, 11) is 1.67. The van der Waals surface area contributed by atoms with Gasteiger partial charge in [0.15, 0.2) is 0 Å². The van der Waals surface area contributed by atoms with Gasteiger partial charge in [-0.2, -0.15) is 0 Å². The van der Waals surface area contributed by atoms with E-state index in [1.807, 2.05) is 18.2 Å². The number of piperidine rings is 1. The first-order chi connectivity index (χ1) is 9.28. The van der Waals surface area contributed by atoms with Crippen LogP contribution in [0.4, 0.5) is 11.4 Å². The zero-order valence-corrected chi connectivity index (χ0v) is 11.6. The Hall–Kier alpha value is -1.42. The van der Waals surface area contributed by atoms with E-state index in [-0.39, 0.29) is 0 Å². The average Bonchev–Trinajstić information content (AvgIpc) is 2.84. The van der Waals surface area contributed by atoms with E-state index in [1.165, 1.54) is 38.8 Å². The molecule has 2 aliphatic heterocycles. The minimum Gasteiger partial charge on any atom is -0.497 e. The van der Waals surface area contributed by atoms with Crippen LogP contribution in [0.25, 0.3) is 0 Å². The van der Waals surface area contributed by atoms with Crippen molar-refractivity contribution in [2.24, 2.45) is 0 Å². The highest BCUT2D eigenvalue weighted by molar-refractivity contribution is 5.68. The standard InChI is InChI=1S/C15H23N3O/c1-19-11-5-6-13(12(16)10-11)17-14-7-9-18-8-3-2-4-15(14)18/h5-6,10,14-15,17H,2-4,7-9,16H2,1H3. The lowest BCUT2D eigenvalue weighted by Gasteiger charge is -2.33. The van der Waals surface area contributed by atoms with Crippen molar-refractivity contribution in [2.45, 2.75) is 37.8 Å². The van der Waals surface area contributed by atoms with Gasteiger partial charge in [-0.25, -0.2) is 0 Å². The smallest absolute Gasteiger partial charge is 0.121 e. The molecule has 0 aromatic heterocycles. The number of nitrogens with one attached hydrogen (secondary N) is 1. The number of nitrogen functional groups attached to an aromatic ring is 1. The molecule has 0 bridgehead atoms. The quantitative estimate of drug-likeness (QED) is 0.820. The van der Waals surface area contributed by atoms with Gasteiger partial charge in [-0.3, -0.25) is 4.90 Å². The fourth-order valence-electron chi connectivity index (χ4n) is 3.41.